The Balaban J connectivity index is 2.11. The molecule has 10 heteroatoms. The second-order valence-corrected chi connectivity index (χ2v) is 17.2. The number of hydrogen-bond acceptors (Lipinski definition) is 9. The second kappa shape index (κ2) is 19.7. The summed E-state index contributed by atoms with van der Waals surface area (Å²) in [7, 11) is 0. The molecule has 0 bridgehead atoms. The molecule has 0 spiro atoms. The normalized spacial score (nSPS) is 28.7. The van der Waals surface area contributed by atoms with Gasteiger partial charge in [0.15, 0.2) is 5.78 Å². The van der Waals surface area contributed by atoms with Gasteiger partial charge in [-0.15, -0.1) is 5.73 Å². The molecule has 2 aliphatic rings. The molecule has 308 valence electrons. The van der Waals surface area contributed by atoms with Gasteiger partial charge in [0.25, 0.3) is 0 Å². The summed E-state index contributed by atoms with van der Waals surface area (Å²) in [5.41, 5.74) is 1.56. The van der Waals surface area contributed by atoms with Crippen LogP contribution in [0.4, 0.5) is 0 Å². The second-order valence-electron chi connectivity index (χ2n) is 17.2. The number of aliphatic hydroxyl groups excluding tert-OH is 1. The molecule has 0 radical (unpaired) electrons. The van der Waals surface area contributed by atoms with E-state index in [0.717, 1.165) is 22.3 Å². The first kappa shape index (κ1) is 47.8. The lowest BCUT2D eigenvalue weighted by atomic mass is 9.56. The highest BCUT2D eigenvalue weighted by Gasteiger charge is 2.60. The number of aliphatic hydroxyl groups is 3. The van der Waals surface area contributed by atoms with E-state index in [-0.39, 0.29) is 44.3 Å². The van der Waals surface area contributed by atoms with Gasteiger partial charge < -0.3 is 29.9 Å². The van der Waals surface area contributed by atoms with E-state index in [0.29, 0.717) is 12.0 Å². The Labute approximate surface area is 333 Å². The van der Waals surface area contributed by atoms with E-state index in [1.165, 1.54) is 13.8 Å². The van der Waals surface area contributed by atoms with Gasteiger partial charge in [0, 0.05) is 37.2 Å². The molecule has 56 heavy (non-hydrogen) atoms. The average Bonchev–Trinajstić information content (AvgIpc) is 3.03. The number of esters is 2. The van der Waals surface area contributed by atoms with Crippen LogP contribution in [0.25, 0.3) is 0 Å². The molecule has 2 rings (SSSR count). The number of allylic oxidation sites excluding steroid dienone is 14. The zero-order valence-corrected chi connectivity index (χ0v) is 35.2. The maximum absolute atomic E-state index is 13.1. The molecule has 0 amide bonds. The standard InChI is InChI=1S/C46H64O10/c1-31(16-12-13-17-32(2)20-15-21-34(4)38(49)30-46(54)43(8,9)26-36(48)27-45(46,11)53)18-14-19-33(3)22-23-39-42(6,7)28-37(55-35(5)47)29-44(39,10)56-41(52)25-24-40(50)51/h12-22,36-37,48,53-54H,24-30H2,1-11H3,(H,50,51)/b13-12+,18-14+,20-15+,31-16+,32-17+,33-19+,34-21+. The van der Waals surface area contributed by atoms with E-state index in [4.69, 9.17) is 14.6 Å². The Kier molecular flexibility index (Phi) is 16.8. The van der Waals surface area contributed by atoms with Crippen LogP contribution in [0.15, 0.2) is 100 Å². The Morgan fingerprint density at radius 3 is 1.84 bits per heavy atom. The zero-order valence-electron chi connectivity index (χ0n) is 35.2. The number of aliphatic carboxylic acids is 1. The van der Waals surface area contributed by atoms with Crippen LogP contribution in [0, 0.1) is 10.8 Å². The van der Waals surface area contributed by atoms with Crippen molar-refractivity contribution in [1.82, 2.24) is 0 Å². The van der Waals surface area contributed by atoms with Gasteiger partial charge >= 0.3 is 17.9 Å². The number of carboxylic acids is 1. The predicted octanol–water partition coefficient (Wildman–Crippen LogP) is 8.06. The van der Waals surface area contributed by atoms with Crippen LogP contribution < -0.4 is 0 Å². The third-order valence-corrected chi connectivity index (χ3v) is 10.7. The number of carbonyl (C=O) groups excluding carboxylic acids is 3. The van der Waals surface area contributed by atoms with E-state index < -0.39 is 57.7 Å². The van der Waals surface area contributed by atoms with E-state index in [1.54, 1.807) is 39.8 Å². The monoisotopic (exact) mass is 776 g/mol. The summed E-state index contributed by atoms with van der Waals surface area (Å²) in [6, 6.07) is 0. The minimum atomic E-state index is -1.68. The van der Waals surface area contributed by atoms with Gasteiger partial charge in [0.05, 0.1) is 24.5 Å². The molecule has 2 aliphatic carbocycles. The number of Topliss-reactive ketones (excluding diaryl/α,β-unsaturated/α-hetero) is 1. The van der Waals surface area contributed by atoms with Gasteiger partial charge in [-0.25, -0.2) is 0 Å². The highest BCUT2D eigenvalue weighted by molar-refractivity contribution is 5.96. The van der Waals surface area contributed by atoms with Crippen LogP contribution in [-0.2, 0) is 28.7 Å². The van der Waals surface area contributed by atoms with Crippen molar-refractivity contribution in [3.05, 3.63) is 100 Å². The highest BCUT2D eigenvalue weighted by Crippen LogP contribution is 2.51. The number of carbonyl (C=O) groups is 4. The smallest absolute Gasteiger partial charge is 0.307 e. The summed E-state index contributed by atoms with van der Waals surface area (Å²) >= 11 is 0. The molecule has 2 fully saturated rings. The summed E-state index contributed by atoms with van der Waals surface area (Å²) in [6.07, 6.45) is 19.7. The average molecular weight is 777 g/mol. The maximum Gasteiger partial charge on any atom is 0.307 e. The zero-order chi connectivity index (χ0) is 42.7. The van der Waals surface area contributed by atoms with Crippen LogP contribution in [0.1, 0.15) is 121 Å². The van der Waals surface area contributed by atoms with Crippen molar-refractivity contribution >= 4 is 23.7 Å². The van der Waals surface area contributed by atoms with Crippen molar-refractivity contribution in [2.45, 2.75) is 150 Å². The van der Waals surface area contributed by atoms with Crippen molar-refractivity contribution in [3.63, 3.8) is 0 Å². The predicted molar refractivity (Wildman–Crippen MR) is 218 cm³/mol. The molecule has 0 heterocycles. The molecular formula is C46H64O10. The summed E-state index contributed by atoms with van der Waals surface area (Å²) in [5.74, 6) is -2.43. The molecule has 0 aliphatic heterocycles. The summed E-state index contributed by atoms with van der Waals surface area (Å²) < 4.78 is 11.4. The molecule has 10 nitrogen and oxygen atoms in total. The molecule has 0 aromatic carbocycles. The number of hydrogen-bond donors (Lipinski definition) is 4. The lowest BCUT2D eigenvalue weighted by Gasteiger charge is -2.56. The van der Waals surface area contributed by atoms with E-state index in [2.05, 4.69) is 5.73 Å². The molecule has 0 aromatic heterocycles. The lowest BCUT2D eigenvalue weighted by Crippen LogP contribution is -2.66. The first-order valence-electron chi connectivity index (χ1n) is 19.2. The molecule has 4 N–H and O–H groups in total. The number of carboxylic acid groups (broad SMARTS) is 1. The Bertz CT molecular complexity index is 1750. The van der Waals surface area contributed by atoms with Gasteiger partial charge in [-0.05, 0) is 77.0 Å². The van der Waals surface area contributed by atoms with Crippen molar-refractivity contribution in [3.8, 4) is 0 Å². The molecule has 5 unspecified atom stereocenters. The van der Waals surface area contributed by atoms with E-state index in [9.17, 15) is 34.5 Å². The molecule has 0 aromatic rings. The Morgan fingerprint density at radius 1 is 0.750 bits per heavy atom. The third-order valence-electron chi connectivity index (χ3n) is 10.7. The van der Waals surface area contributed by atoms with Gasteiger partial charge in [-0.1, -0.05) is 99.6 Å². The van der Waals surface area contributed by atoms with Gasteiger partial charge in [-0.2, -0.15) is 0 Å². The topological polar surface area (TPSA) is 168 Å². The van der Waals surface area contributed by atoms with Crippen molar-refractivity contribution in [2.75, 3.05) is 0 Å². The molecular weight excluding hydrogens is 712 g/mol. The fourth-order valence-electron chi connectivity index (χ4n) is 7.80. The van der Waals surface area contributed by atoms with Crippen LogP contribution in [0.2, 0.25) is 0 Å². The van der Waals surface area contributed by atoms with E-state index >= 15 is 0 Å². The first-order chi connectivity index (χ1) is 25.7. The Morgan fingerprint density at radius 2 is 1.30 bits per heavy atom. The van der Waals surface area contributed by atoms with Gasteiger partial charge in [0.1, 0.15) is 17.3 Å². The maximum atomic E-state index is 13.1. The van der Waals surface area contributed by atoms with Gasteiger partial charge in [0.2, 0.25) is 0 Å². The van der Waals surface area contributed by atoms with Crippen LogP contribution in [-0.4, -0.2) is 73.1 Å². The van der Waals surface area contributed by atoms with Crippen molar-refractivity contribution < 1.29 is 49.1 Å². The third kappa shape index (κ3) is 13.7. The largest absolute Gasteiger partial charge is 0.481 e. The fourth-order valence-corrected chi connectivity index (χ4v) is 7.80. The minimum absolute atomic E-state index is 0.00368. The molecule has 2 saturated carbocycles. The lowest BCUT2D eigenvalue weighted by molar-refractivity contribution is -0.243. The highest BCUT2D eigenvalue weighted by atomic mass is 16.6. The van der Waals surface area contributed by atoms with E-state index in [1.807, 2.05) is 89.3 Å². The van der Waals surface area contributed by atoms with Gasteiger partial charge in [-0.3, -0.25) is 19.2 Å². The number of ether oxygens (including phenoxy) is 2. The summed E-state index contributed by atoms with van der Waals surface area (Å²) in [6.45, 7) is 19.6. The Hall–Kier alpha value is -4.34. The molecule has 5 atom stereocenters. The van der Waals surface area contributed by atoms with Crippen LogP contribution in [0.3, 0.4) is 0 Å². The SMILES string of the molecule is CC(=O)OC1CC(C)(C)C(=C=C/C(C)=C/C=C/C(C)=C/C=C/C=C(C)/C=C/C=C(\C)C(=O)CC2(O)C(C)(C)CC(O)CC2(C)O)C(C)(OC(=O)CCC(=O)O)C1. The quantitative estimate of drug-likeness (QED) is 0.0553. The summed E-state index contributed by atoms with van der Waals surface area (Å²) in [5, 5.41) is 41.7. The fraction of sp³-hybridized carbons (Fsp3) is 0.543. The molecule has 0 saturated heterocycles. The number of rotatable bonds is 15. The summed E-state index contributed by atoms with van der Waals surface area (Å²) in [4.78, 5) is 48.5. The van der Waals surface area contributed by atoms with Crippen molar-refractivity contribution in [1.29, 1.82) is 0 Å². The minimum Gasteiger partial charge on any atom is -0.481 e. The van der Waals surface area contributed by atoms with Crippen LogP contribution >= 0.6 is 0 Å². The van der Waals surface area contributed by atoms with Crippen molar-refractivity contribution in [2.24, 2.45) is 10.8 Å². The first-order valence-corrected chi connectivity index (χ1v) is 19.2. The number of ketones is 1. The van der Waals surface area contributed by atoms with Crippen LogP contribution in [0.5, 0.6) is 0 Å².